The fourth-order valence-corrected chi connectivity index (χ4v) is 4.30. The molecule has 2 aromatic rings. The number of ether oxygens (including phenoxy) is 1. The van der Waals surface area contributed by atoms with Crippen LogP contribution in [0.25, 0.3) is 0 Å². The van der Waals surface area contributed by atoms with Gasteiger partial charge >= 0.3 is 0 Å². The van der Waals surface area contributed by atoms with Crippen molar-refractivity contribution in [2.45, 2.75) is 17.2 Å². The zero-order valence-electron chi connectivity index (χ0n) is 13.5. The average molecular weight is 354 g/mol. The Hall–Kier alpha value is -1.41. The lowest BCUT2D eigenvalue weighted by atomic mass is 10.1. The molecule has 1 aromatic carbocycles. The van der Waals surface area contributed by atoms with E-state index >= 15 is 0 Å². The Bertz CT molecular complexity index is 695. The molecule has 1 aromatic heterocycles. The molecule has 1 unspecified atom stereocenters. The number of rotatable bonds is 8. The van der Waals surface area contributed by atoms with Crippen LogP contribution < -0.4 is 9.46 Å². The van der Waals surface area contributed by atoms with Gasteiger partial charge < -0.3 is 9.64 Å². The van der Waals surface area contributed by atoms with Crippen LogP contribution in [-0.4, -0.2) is 40.6 Å². The average Bonchev–Trinajstić information content (AvgIpc) is 3.04. The summed E-state index contributed by atoms with van der Waals surface area (Å²) in [5, 5.41) is 1.75. The second kappa shape index (κ2) is 7.92. The third kappa shape index (κ3) is 4.78. The summed E-state index contributed by atoms with van der Waals surface area (Å²) in [6, 6.07) is 11.0. The van der Waals surface area contributed by atoms with E-state index in [9.17, 15) is 8.42 Å². The first-order valence-corrected chi connectivity index (χ1v) is 9.72. The Labute approximate surface area is 142 Å². The van der Waals surface area contributed by atoms with Gasteiger partial charge in [-0.2, -0.15) is 0 Å². The van der Waals surface area contributed by atoms with Gasteiger partial charge in [0.15, 0.2) is 0 Å². The molecule has 0 fully saturated rings. The lowest BCUT2D eigenvalue weighted by Gasteiger charge is -2.25. The number of benzene rings is 1. The Kier molecular flexibility index (Phi) is 6.17. The first kappa shape index (κ1) is 17.9. The maximum Gasteiger partial charge on any atom is 0.250 e. The maximum atomic E-state index is 12.3. The predicted molar refractivity (Wildman–Crippen MR) is 93.5 cm³/mol. The summed E-state index contributed by atoms with van der Waals surface area (Å²) >= 11 is 1.21. The van der Waals surface area contributed by atoms with Crippen molar-refractivity contribution in [3.05, 3.63) is 47.3 Å². The Morgan fingerprint density at radius 3 is 2.43 bits per heavy atom. The van der Waals surface area contributed by atoms with Crippen molar-refractivity contribution in [2.24, 2.45) is 0 Å². The summed E-state index contributed by atoms with van der Waals surface area (Å²) < 4.78 is 33.0. The van der Waals surface area contributed by atoms with Gasteiger partial charge in [0, 0.05) is 12.6 Å². The van der Waals surface area contributed by atoms with E-state index in [0.717, 1.165) is 11.3 Å². The SMILES string of the molecule is CCOc1ccc(C(CNS(=O)(=O)c2cccs2)N(C)C)cc1. The normalized spacial score (nSPS) is 13.2. The van der Waals surface area contributed by atoms with Gasteiger partial charge in [-0.25, -0.2) is 13.1 Å². The zero-order valence-corrected chi connectivity index (χ0v) is 15.2. The molecule has 0 aliphatic carbocycles. The highest BCUT2D eigenvalue weighted by Gasteiger charge is 2.20. The van der Waals surface area contributed by atoms with Crippen molar-refractivity contribution >= 4 is 21.4 Å². The molecule has 23 heavy (non-hydrogen) atoms. The van der Waals surface area contributed by atoms with Gasteiger partial charge in [0.2, 0.25) is 10.0 Å². The van der Waals surface area contributed by atoms with Gasteiger partial charge in [-0.15, -0.1) is 11.3 Å². The highest BCUT2D eigenvalue weighted by molar-refractivity contribution is 7.91. The van der Waals surface area contributed by atoms with Crippen LogP contribution in [0, 0.1) is 0 Å². The third-order valence-corrected chi connectivity index (χ3v) is 6.25. The lowest BCUT2D eigenvalue weighted by Crippen LogP contribution is -2.34. The van der Waals surface area contributed by atoms with E-state index < -0.39 is 10.0 Å². The molecule has 2 rings (SSSR count). The van der Waals surface area contributed by atoms with Crippen LogP contribution in [0.5, 0.6) is 5.75 Å². The summed E-state index contributed by atoms with van der Waals surface area (Å²) in [6.07, 6.45) is 0. The molecule has 0 radical (unpaired) electrons. The number of nitrogens with zero attached hydrogens (tertiary/aromatic N) is 1. The largest absolute Gasteiger partial charge is 0.494 e. The third-order valence-electron chi connectivity index (χ3n) is 3.43. The minimum absolute atomic E-state index is 0.0552. The van der Waals surface area contributed by atoms with E-state index in [1.54, 1.807) is 17.5 Å². The molecule has 1 heterocycles. The van der Waals surface area contributed by atoms with Crippen LogP contribution in [0.1, 0.15) is 18.5 Å². The van der Waals surface area contributed by atoms with Crippen molar-refractivity contribution in [2.75, 3.05) is 27.2 Å². The minimum Gasteiger partial charge on any atom is -0.494 e. The highest BCUT2D eigenvalue weighted by atomic mass is 32.2. The molecule has 7 heteroatoms. The fraction of sp³-hybridized carbons (Fsp3) is 0.375. The van der Waals surface area contributed by atoms with Gasteiger partial charge in [0.25, 0.3) is 0 Å². The van der Waals surface area contributed by atoms with Crippen LogP contribution in [-0.2, 0) is 10.0 Å². The molecule has 0 amide bonds. The fourth-order valence-electron chi connectivity index (χ4n) is 2.23. The summed E-state index contributed by atoms with van der Waals surface area (Å²) in [7, 11) is 0.409. The molecule has 0 saturated carbocycles. The van der Waals surface area contributed by atoms with Crippen molar-refractivity contribution in [1.29, 1.82) is 0 Å². The molecule has 5 nitrogen and oxygen atoms in total. The summed E-state index contributed by atoms with van der Waals surface area (Å²) in [5.74, 6) is 0.813. The van der Waals surface area contributed by atoms with Crippen molar-refractivity contribution in [1.82, 2.24) is 9.62 Å². The summed E-state index contributed by atoms with van der Waals surface area (Å²) in [5.41, 5.74) is 1.03. The van der Waals surface area contributed by atoms with E-state index in [-0.39, 0.29) is 6.04 Å². The van der Waals surface area contributed by atoms with Gasteiger partial charge in [0.05, 0.1) is 6.61 Å². The number of nitrogens with one attached hydrogen (secondary N) is 1. The number of thiophene rings is 1. The van der Waals surface area contributed by atoms with Crippen molar-refractivity contribution in [3.63, 3.8) is 0 Å². The lowest BCUT2D eigenvalue weighted by molar-refractivity contribution is 0.298. The summed E-state index contributed by atoms with van der Waals surface area (Å²) in [4.78, 5) is 1.99. The van der Waals surface area contributed by atoms with Gasteiger partial charge in [0.1, 0.15) is 9.96 Å². The molecule has 0 saturated heterocycles. The van der Waals surface area contributed by atoms with E-state index in [0.29, 0.717) is 17.4 Å². The minimum atomic E-state index is -3.45. The summed E-state index contributed by atoms with van der Waals surface area (Å²) in [6.45, 7) is 2.87. The number of likely N-dealkylation sites (N-methyl/N-ethyl adjacent to an activating group) is 1. The zero-order chi connectivity index (χ0) is 16.9. The molecule has 0 aliphatic rings. The first-order valence-electron chi connectivity index (χ1n) is 7.36. The quantitative estimate of drug-likeness (QED) is 0.792. The Balaban J connectivity index is 2.10. The van der Waals surface area contributed by atoms with Crippen molar-refractivity contribution < 1.29 is 13.2 Å². The topological polar surface area (TPSA) is 58.6 Å². The smallest absolute Gasteiger partial charge is 0.250 e. The molecule has 0 aliphatic heterocycles. The molecule has 126 valence electrons. The van der Waals surface area contributed by atoms with Crippen LogP contribution in [0.2, 0.25) is 0 Å². The standard InChI is InChI=1S/C16H22N2O3S2/c1-4-21-14-9-7-13(8-10-14)15(18(2)3)12-17-23(19,20)16-6-5-11-22-16/h5-11,15,17H,4,12H2,1-3H3. The number of sulfonamides is 1. The predicted octanol–water partition coefficient (Wildman–Crippen LogP) is 2.73. The second-order valence-electron chi connectivity index (χ2n) is 5.27. The molecule has 1 N–H and O–H groups in total. The molecule has 0 bridgehead atoms. The van der Waals surface area contributed by atoms with Gasteiger partial charge in [-0.1, -0.05) is 18.2 Å². The molecular weight excluding hydrogens is 332 g/mol. The monoisotopic (exact) mass is 354 g/mol. The number of hydrogen-bond donors (Lipinski definition) is 1. The van der Waals surface area contributed by atoms with Crippen LogP contribution in [0.15, 0.2) is 46.0 Å². The molecule has 1 atom stereocenters. The Morgan fingerprint density at radius 1 is 1.22 bits per heavy atom. The van der Waals surface area contributed by atoms with E-state index in [1.165, 1.54) is 11.3 Å². The maximum absolute atomic E-state index is 12.3. The van der Waals surface area contributed by atoms with E-state index in [2.05, 4.69) is 4.72 Å². The van der Waals surface area contributed by atoms with Gasteiger partial charge in [-0.05, 0) is 50.2 Å². The van der Waals surface area contributed by atoms with E-state index in [4.69, 9.17) is 4.74 Å². The first-order chi connectivity index (χ1) is 10.9. The van der Waals surface area contributed by atoms with Crippen LogP contribution in [0.3, 0.4) is 0 Å². The molecule has 0 spiro atoms. The second-order valence-corrected chi connectivity index (χ2v) is 8.21. The van der Waals surface area contributed by atoms with Gasteiger partial charge in [-0.3, -0.25) is 0 Å². The van der Waals surface area contributed by atoms with Crippen molar-refractivity contribution in [3.8, 4) is 5.75 Å². The van der Waals surface area contributed by atoms with Crippen LogP contribution in [0.4, 0.5) is 0 Å². The Morgan fingerprint density at radius 2 is 1.91 bits per heavy atom. The molecular formula is C16H22N2O3S2. The highest BCUT2D eigenvalue weighted by Crippen LogP contribution is 2.22. The van der Waals surface area contributed by atoms with E-state index in [1.807, 2.05) is 50.2 Å². The number of hydrogen-bond acceptors (Lipinski definition) is 5. The van der Waals surface area contributed by atoms with Crippen LogP contribution >= 0.6 is 11.3 Å².